The molecule has 0 aliphatic carbocycles. The minimum absolute atomic E-state index is 0.119. The first kappa shape index (κ1) is 14.8. The predicted octanol–water partition coefficient (Wildman–Crippen LogP) is 3.52. The predicted molar refractivity (Wildman–Crippen MR) is 85.0 cm³/mol. The maximum absolute atomic E-state index is 6.26. The Morgan fingerprint density at radius 1 is 1.30 bits per heavy atom. The van der Waals surface area contributed by atoms with Crippen LogP contribution >= 0.6 is 11.6 Å². The molecular weight excluding hydrogens is 270 g/mol. The zero-order valence-electron chi connectivity index (χ0n) is 11.9. The van der Waals surface area contributed by atoms with Gasteiger partial charge in [-0.1, -0.05) is 36.7 Å². The number of aryl methyl sites for hydroxylation is 1. The van der Waals surface area contributed by atoms with Crippen molar-refractivity contribution in [1.29, 1.82) is 0 Å². The fraction of sp³-hybridized carbons (Fsp3) is 0.312. The number of rotatable bonds is 5. The van der Waals surface area contributed by atoms with Crippen molar-refractivity contribution in [3.63, 3.8) is 0 Å². The SMILES string of the molecule is CCNC(Cc1ccccc1Cl)c1c(C)ccnc1N. The van der Waals surface area contributed by atoms with Crippen molar-refractivity contribution >= 4 is 17.4 Å². The lowest BCUT2D eigenvalue weighted by Crippen LogP contribution is -2.25. The Morgan fingerprint density at radius 3 is 2.70 bits per heavy atom. The molecule has 106 valence electrons. The van der Waals surface area contributed by atoms with Crippen molar-refractivity contribution in [1.82, 2.24) is 10.3 Å². The molecule has 4 heteroatoms. The highest BCUT2D eigenvalue weighted by Crippen LogP contribution is 2.28. The average Bonchev–Trinajstić information content (AvgIpc) is 2.41. The summed E-state index contributed by atoms with van der Waals surface area (Å²) in [5.41, 5.74) is 9.39. The molecule has 0 saturated carbocycles. The van der Waals surface area contributed by atoms with Crippen molar-refractivity contribution in [2.24, 2.45) is 0 Å². The molecular formula is C16H20ClN3. The zero-order chi connectivity index (χ0) is 14.5. The van der Waals surface area contributed by atoms with Crippen molar-refractivity contribution in [2.45, 2.75) is 26.3 Å². The number of pyridine rings is 1. The van der Waals surface area contributed by atoms with Gasteiger partial charge in [-0.05, 0) is 43.1 Å². The summed E-state index contributed by atoms with van der Waals surface area (Å²) in [6.45, 7) is 5.01. The molecule has 0 spiro atoms. The van der Waals surface area contributed by atoms with E-state index in [0.717, 1.165) is 34.7 Å². The van der Waals surface area contributed by atoms with Gasteiger partial charge in [0.25, 0.3) is 0 Å². The van der Waals surface area contributed by atoms with Gasteiger partial charge >= 0.3 is 0 Å². The van der Waals surface area contributed by atoms with E-state index < -0.39 is 0 Å². The van der Waals surface area contributed by atoms with E-state index in [-0.39, 0.29) is 6.04 Å². The van der Waals surface area contributed by atoms with Gasteiger partial charge < -0.3 is 11.1 Å². The number of aromatic nitrogens is 1. The van der Waals surface area contributed by atoms with E-state index in [0.29, 0.717) is 5.82 Å². The molecule has 1 aromatic carbocycles. The third kappa shape index (κ3) is 3.30. The molecule has 0 bridgehead atoms. The quantitative estimate of drug-likeness (QED) is 0.885. The summed E-state index contributed by atoms with van der Waals surface area (Å²) in [6, 6.07) is 10.0. The van der Waals surface area contributed by atoms with Gasteiger partial charge in [0, 0.05) is 22.8 Å². The number of nitrogens with zero attached hydrogens (tertiary/aromatic N) is 1. The summed E-state index contributed by atoms with van der Waals surface area (Å²) in [7, 11) is 0. The van der Waals surface area contributed by atoms with Crippen LogP contribution in [0.2, 0.25) is 5.02 Å². The van der Waals surface area contributed by atoms with E-state index in [4.69, 9.17) is 17.3 Å². The molecule has 0 fully saturated rings. The first-order valence-electron chi connectivity index (χ1n) is 6.81. The first-order valence-corrected chi connectivity index (χ1v) is 7.19. The number of anilines is 1. The Labute approximate surface area is 125 Å². The molecule has 1 atom stereocenters. The smallest absolute Gasteiger partial charge is 0.128 e. The van der Waals surface area contributed by atoms with Crippen LogP contribution in [0.4, 0.5) is 5.82 Å². The van der Waals surface area contributed by atoms with Gasteiger partial charge in [0.2, 0.25) is 0 Å². The molecule has 1 aromatic heterocycles. The molecule has 3 N–H and O–H groups in total. The molecule has 0 aliphatic heterocycles. The van der Waals surface area contributed by atoms with Crippen LogP contribution in [-0.4, -0.2) is 11.5 Å². The number of likely N-dealkylation sites (N-methyl/N-ethyl adjacent to an activating group) is 1. The third-order valence-corrected chi connectivity index (χ3v) is 3.79. The van der Waals surface area contributed by atoms with E-state index in [9.17, 15) is 0 Å². The van der Waals surface area contributed by atoms with Gasteiger partial charge in [0.1, 0.15) is 5.82 Å². The highest BCUT2D eigenvalue weighted by atomic mass is 35.5. The monoisotopic (exact) mass is 289 g/mol. The van der Waals surface area contributed by atoms with Crippen LogP contribution in [0.15, 0.2) is 36.5 Å². The maximum atomic E-state index is 6.26. The molecule has 0 radical (unpaired) electrons. The van der Waals surface area contributed by atoms with E-state index in [2.05, 4.69) is 30.2 Å². The van der Waals surface area contributed by atoms with Gasteiger partial charge in [0.15, 0.2) is 0 Å². The first-order chi connectivity index (χ1) is 9.63. The second-order valence-corrected chi connectivity index (χ2v) is 5.24. The van der Waals surface area contributed by atoms with E-state index in [1.807, 2.05) is 24.3 Å². The van der Waals surface area contributed by atoms with Crippen LogP contribution < -0.4 is 11.1 Å². The zero-order valence-corrected chi connectivity index (χ0v) is 12.6. The Hall–Kier alpha value is -1.58. The Bertz CT molecular complexity index is 563. The van der Waals surface area contributed by atoms with E-state index >= 15 is 0 Å². The Kier molecular flexibility index (Phi) is 4.99. The second kappa shape index (κ2) is 6.73. The van der Waals surface area contributed by atoms with Gasteiger partial charge in [-0.3, -0.25) is 0 Å². The van der Waals surface area contributed by atoms with E-state index in [1.165, 1.54) is 0 Å². The molecule has 0 saturated heterocycles. The highest BCUT2D eigenvalue weighted by molar-refractivity contribution is 6.31. The number of nitrogens with two attached hydrogens (primary N) is 1. The number of benzene rings is 1. The summed E-state index contributed by atoms with van der Waals surface area (Å²) < 4.78 is 0. The number of nitrogens with one attached hydrogen (secondary N) is 1. The van der Waals surface area contributed by atoms with Crippen LogP contribution in [0.5, 0.6) is 0 Å². The van der Waals surface area contributed by atoms with Crippen LogP contribution in [0.25, 0.3) is 0 Å². The Morgan fingerprint density at radius 2 is 2.05 bits per heavy atom. The third-order valence-electron chi connectivity index (χ3n) is 3.42. The molecule has 0 amide bonds. The lowest BCUT2D eigenvalue weighted by Gasteiger charge is -2.22. The lowest BCUT2D eigenvalue weighted by molar-refractivity contribution is 0.547. The fourth-order valence-corrected chi connectivity index (χ4v) is 2.66. The molecule has 20 heavy (non-hydrogen) atoms. The van der Waals surface area contributed by atoms with Crippen molar-refractivity contribution < 1.29 is 0 Å². The van der Waals surface area contributed by atoms with Gasteiger partial charge in [-0.25, -0.2) is 4.98 Å². The number of halogens is 1. The summed E-state index contributed by atoms with van der Waals surface area (Å²) in [6.07, 6.45) is 2.54. The van der Waals surface area contributed by atoms with Crippen LogP contribution in [0, 0.1) is 6.92 Å². The fourth-order valence-electron chi connectivity index (χ4n) is 2.45. The standard InChI is InChI=1S/C16H20ClN3/c1-3-19-14(10-12-6-4-5-7-13(12)17)15-11(2)8-9-20-16(15)18/h4-9,14,19H,3,10H2,1-2H3,(H2,18,20). The van der Waals surface area contributed by atoms with Crippen LogP contribution in [-0.2, 0) is 6.42 Å². The normalized spacial score (nSPS) is 12.3. The molecule has 2 rings (SSSR count). The molecule has 0 aliphatic rings. The Balaban J connectivity index is 2.35. The summed E-state index contributed by atoms with van der Waals surface area (Å²) in [5.74, 6) is 0.586. The maximum Gasteiger partial charge on any atom is 0.128 e. The number of hydrogen-bond acceptors (Lipinski definition) is 3. The van der Waals surface area contributed by atoms with Crippen molar-refractivity contribution in [3.05, 3.63) is 58.2 Å². The molecule has 1 heterocycles. The minimum Gasteiger partial charge on any atom is -0.383 e. The summed E-state index contributed by atoms with van der Waals surface area (Å²) in [4.78, 5) is 4.21. The van der Waals surface area contributed by atoms with E-state index in [1.54, 1.807) is 6.20 Å². The molecule has 3 nitrogen and oxygen atoms in total. The molecule has 1 unspecified atom stereocenters. The molecule has 2 aromatic rings. The largest absolute Gasteiger partial charge is 0.383 e. The second-order valence-electron chi connectivity index (χ2n) is 4.83. The van der Waals surface area contributed by atoms with Crippen LogP contribution in [0.1, 0.15) is 29.7 Å². The lowest BCUT2D eigenvalue weighted by atomic mass is 9.96. The minimum atomic E-state index is 0.119. The van der Waals surface area contributed by atoms with Gasteiger partial charge in [0.05, 0.1) is 0 Å². The summed E-state index contributed by atoms with van der Waals surface area (Å²) in [5, 5.41) is 4.27. The van der Waals surface area contributed by atoms with Gasteiger partial charge in [-0.15, -0.1) is 0 Å². The number of nitrogen functional groups attached to an aromatic ring is 1. The van der Waals surface area contributed by atoms with Crippen LogP contribution in [0.3, 0.4) is 0 Å². The van der Waals surface area contributed by atoms with Crippen molar-refractivity contribution in [2.75, 3.05) is 12.3 Å². The number of hydrogen-bond donors (Lipinski definition) is 2. The van der Waals surface area contributed by atoms with Crippen molar-refractivity contribution in [3.8, 4) is 0 Å². The average molecular weight is 290 g/mol. The highest BCUT2D eigenvalue weighted by Gasteiger charge is 2.18. The topological polar surface area (TPSA) is 50.9 Å². The van der Waals surface area contributed by atoms with Gasteiger partial charge in [-0.2, -0.15) is 0 Å². The summed E-state index contributed by atoms with van der Waals surface area (Å²) >= 11 is 6.26.